The van der Waals surface area contributed by atoms with Gasteiger partial charge in [0.25, 0.3) is 0 Å². The van der Waals surface area contributed by atoms with Gasteiger partial charge in [-0.3, -0.25) is 9.78 Å². The summed E-state index contributed by atoms with van der Waals surface area (Å²) < 4.78 is 10.5. The highest BCUT2D eigenvalue weighted by Gasteiger charge is 2.11. The van der Waals surface area contributed by atoms with E-state index in [1.807, 2.05) is 49.4 Å². The van der Waals surface area contributed by atoms with Crippen LogP contribution in [0.15, 0.2) is 48.5 Å². The third kappa shape index (κ3) is 3.71. The lowest BCUT2D eigenvalue weighted by Gasteiger charge is -2.11. The summed E-state index contributed by atoms with van der Waals surface area (Å²) in [7, 11) is 3.16. The number of anilines is 1. The maximum Gasteiger partial charge on any atom is 0.228 e. The van der Waals surface area contributed by atoms with Crippen molar-refractivity contribution in [1.29, 1.82) is 0 Å². The number of nitrogens with one attached hydrogen (secondary N) is 1. The average molecular weight is 336 g/mol. The van der Waals surface area contributed by atoms with Crippen molar-refractivity contribution >= 4 is 22.5 Å². The third-order valence-corrected chi connectivity index (χ3v) is 3.93. The number of amides is 1. The number of fused-ring (bicyclic) bond motifs is 1. The molecule has 3 aromatic rings. The van der Waals surface area contributed by atoms with E-state index in [1.165, 1.54) is 0 Å². The van der Waals surface area contributed by atoms with Crippen molar-refractivity contribution in [3.63, 3.8) is 0 Å². The molecule has 1 N–H and O–H groups in total. The van der Waals surface area contributed by atoms with Crippen molar-refractivity contribution in [2.24, 2.45) is 0 Å². The minimum atomic E-state index is -0.0945. The van der Waals surface area contributed by atoms with Gasteiger partial charge in [-0.25, -0.2) is 0 Å². The molecule has 0 fully saturated rings. The monoisotopic (exact) mass is 336 g/mol. The van der Waals surface area contributed by atoms with Crippen LogP contribution in [0.3, 0.4) is 0 Å². The average Bonchev–Trinajstić information content (AvgIpc) is 2.61. The largest absolute Gasteiger partial charge is 0.493 e. The molecule has 0 saturated carbocycles. The van der Waals surface area contributed by atoms with E-state index in [0.29, 0.717) is 11.5 Å². The van der Waals surface area contributed by atoms with Gasteiger partial charge < -0.3 is 14.8 Å². The van der Waals surface area contributed by atoms with Gasteiger partial charge in [-0.15, -0.1) is 0 Å². The molecule has 5 nitrogen and oxygen atoms in total. The van der Waals surface area contributed by atoms with Crippen LogP contribution in [0.25, 0.3) is 10.9 Å². The molecule has 0 aliphatic carbocycles. The van der Waals surface area contributed by atoms with E-state index >= 15 is 0 Å². The molecule has 128 valence electrons. The molecule has 1 amide bonds. The number of ether oxygens (including phenoxy) is 2. The number of nitrogens with zero attached hydrogens (tertiary/aromatic N) is 1. The number of rotatable bonds is 5. The normalized spacial score (nSPS) is 10.5. The van der Waals surface area contributed by atoms with Crippen molar-refractivity contribution in [2.45, 2.75) is 13.3 Å². The Hall–Kier alpha value is -3.08. The number of aromatic nitrogens is 1. The van der Waals surface area contributed by atoms with Crippen LogP contribution in [0.2, 0.25) is 0 Å². The number of hydrogen-bond donors (Lipinski definition) is 1. The third-order valence-electron chi connectivity index (χ3n) is 3.93. The Morgan fingerprint density at radius 3 is 2.56 bits per heavy atom. The van der Waals surface area contributed by atoms with Gasteiger partial charge in [-0.1, -0.05) is 24.3 Å². The quantitative estimate of drug-likeness (QED) is 0.771. The van der Waals surface area contributed by atoms with E-state index < -0.39 is 0 Å². The molecule has 1 heterocycles. The molecule has 1 aromatic heterocycles. The van der Waals surface area contributed by atoms with Gasteiger partial charge in [0.15, 0.2) is 11.5 Å². The molecule has 0 bridgehead atoms. The van der Waals surface area contributed by atoms with Gasteiger partial charge in [0.05, 0.1) is 31.8 Å². The lowest BCUT2D eigenvalue weighted by molar-refractivity contribution is -0.115. The smallest absolute Gasteiger partial charge is 0.228 e. The summed E-state index contributed by atoms with van der Waals surface area (Å²) in [4.78, 5) is 17.0. The first-order valence-corrected chi connectivity index (χ1v) is 7.98. The Morgan fingerprint density at radius 2 is 1.80 bits per heavy atom. The molecule has 0 radical (unpaired) electrons. The Bertz CT molecular complexity index is 922. The molecule has 0 aliphatic heterocycles. The first kappa shape index (κ1) is 16.8. The molecule has 0 spiro atoms. The summed E-state index contributed by atoms with van der Waals surface area (Å²) in [5.41, 5.74) is 3.35. The minimum absolute atomic E-state index is 0.0945. The highest BCUT2D eigenvalue weighted by molar-refractivity contribution is 6.01. The number of aryl methyl sites for hydroxylation is 1. The second kappa shape index (κ2) is 7.21. The van der Waals surface area contributed by atoms with Crippen LogP contribution in [0.1, 0.15) is 11.3 Å². The molecular formula is C20H20N2O3. The lowest BCUT2D eigenvalue weighted by atomic mass is 10.1. The lowest BCUT2D eigenvalue weighted by Crippen LogP contribution is -2.15. The van der Waals surface area contributed by atoms with Gasteiger partial charge >= 0.3 is 0 Å². The van der Waals surface area contributed by atoms with E-state index in [2.05, 4.69) is 10.3 Å². The van der Waals surface area contributed by atoms with Crippen molar-refractivity contribution in [3.8, 4) is 11.5 Å². The molecule has 0 saturated heterocycles. The summed E-state index contributed by atoms with van der Waals surface area (Å²) in [6.07, 6.45) is 0.246. The zero-order chi connectivity index (χ0) is 17.8. The SMILES string of the molecule is COc1ccc(CC(=O)Nc2cc(C)nc3ccccc23)cc1OC. The predicted octanol–water partition coefficient (Wildman–Crippen LogP) is 3.74. The van der Waals surface area contributed by atoms with Crippen LogP contribution in [0.4, 0.5) is 5.69 Å². The van der Waals surface area contributed by atoms with Crippen LogP contribution in [-0.2, 0) is 11.2 Å². The zero-order valence-electron chi connectivity index (χ0n) is 14.5. The van der Waals surface area contributed by atoms with Gasteiger partial charge in [0, 0.05) is 11.1 Å². The van der Waals surface area contributed by atoms with E-state index in [-0.39, 0.29) is 12.3 Å². The molecule has 0 atom stereocenters. The van der Waals surface area contributed by atoms with Crippen LogP contribution < -0.4 is 14.8 Å². The number of carbonyl (C=O) groups excluding carboxylic acids is 1. The maximum absolute atomic E-state index is 12.5. The van der Waals surface area contributed by atoms with Crippen LogP contribution in [-0.4, -0.2) is 25.1 Å². The molecule has 25 heavy (non-hydrogen) atoms. The minimum Gasteiger partial charge on any atom is -0.493 e. The second-order valence-corrected chi connectivity index (χ2v) is 5.74. The van der Waals surface area contributed by atoms with Crippen LogP contribution in [0, 0.1) is 6.92 Å². The Kier molecular flexibility index (Phi) is 4.84. The second-order valence-electron chi connectivity index (χ2n) is 5.74. The van der Waals surface area contributed by atoms with Crippen molar-refractivity contribution in [1.82, 2.24) is 4.98 Å². The molecular weight excluding hydrogens is 316 g/mol. The summed E-state index contributed by atoms with van der Waals surface area (Å²) in [5, 5.41) is 3.91. The molecule has 0 aliphatic rings. The topological polar surface area (TPSA) is 60.5 Å². The first-order valence-electron chi connectivity index (χ1n) is 7.98. The van der Waals surface area contributed by atoms with E-state index in [0.717, 1.165) is 27.8 Å². The molecule has 3 rings (SSSR count). The van der Waals surface area contributed by atoms with Crippen LogP contribution in [0.5, 0.6) is 11.5 Å². The number of benzene rings is 2. The Balaban J connectivity index is 1.82. The van der Waals surface area contributed by atoms with Gasteiger partial charge in [-0.2, -0.15) is 0 Å². The molecule has 0 unspecified atom stereocenters. The van der Waals surface area contributed by atoms with Crippen molar-refractivity contribution in [3.05, 3.63) is 59.8 Å². The number of pyridine rings is 1. The van der Waals surface area contributed by atoms with Crippen molar-refractivity contribution < 1.29 is 14.3 Å². The fraction of sp³-hybridized carbons (Fsp3) is 0.200. The summed E-state index contributed by atoms with van der Waals surface area (Å²) >= 11 is 0. The van der Waals surface area contributed by atoms with Gasteiger partial charge in [0.2, 0.25) is 5.91 Å². The fourth-order valence-electron chi connectivity index (χ4n) is 2.78. The summed E-state index contributed by atoms with van der Waals surface area (Å²) in [6, 6.07) is 15.1. The number of hydrogen-bond acceptors (Lipinski definition) is 4. The van der Waals surface area contributed by atoms with Crippen molar-refractivity contribution in [2.75, 3.05) is 19.5 Å². The Labute approximate surface area is 146 Å². The van der Waals surface area contributed by atoms with E-state index in [9.17, 15) is 4.79 Å². The summed E-state index contributed by atoms with van der Waals surface area (Å²) in [6.45, 7) is 1.91. The molecule has 2 aromatic carbocycles. The first-order chi connectivity index (χ1) is 12.1. The van der Waals surface area contributed by atoms with E-state index in [4.69, 9.17) is 9.47 Å². The highest BCUT2D eigenvalue weighted by Crippen LogP contribution is 2.28. The number of para-hydroxylation sites is 1. The Morgan fingerprint density at radius 1 is 1.04 bits per heavy atom. The number of carbonyl (C=O) groups is 1. The van der Waals surface area contributed by atoms with E-state index in [1.54, 1.807) is 20.3 Å². The summed E-state index contributed by atoms with van der Waals surface area (Å²) in [5.74, 6) is 1.16. The van der Waals surface area contributed by atoms with Gasteiger partial charge in [-0.05, 0) is 36.8 Å². The van der Waals surface area contributed by atoms with Gasteiger partial charge in [0.1, 0.15) is 0 Å². The number of methoxy groups -OCH3 is 2. The molecule has 5 heteroatoms. The fourth-order valence-corrected chi connectivity index (χ4v) is 2.78. The highest BCUT2D eigenvalue weighted by atomic mass is 16.5. The predicted molar refractivity (Wildman–Crippen MR) is 98.4 cm³/mol. The zero-order valence-corrected chi connectivity index (χ0v) is 14.5. The maximum atomic E-state index is 12.5. The van der Waals surface area contributed by atoms with Crippen LogP contribution >= 0.6 is 0 Å². The standard InChI is InChI=1S/C20H20N2O3/c1-13-10-17(15-6-4-5-7-16(15)21-13)22-20(23)12-14-8-9-18(24-2)19(11-14)25-3/h4-11H,12H2,1-3H3,(H,21,22,23).